The quantitative estimate of drug-likeness (QED) is 0.396. The Balaban J connectivity index is 0.00000259. The second-order valence-electron chi connectivity index (χ2n) is 8.47. The molecule has 2 aromatic heterocycles. The number of unbranched alkanes of at least 4 members (excludes halogenated alkanes) is 2. The van der Waals surface area contributed by atoms with Crippen molar-refractivity contribution >= 4 is 22.2 Å². The molecule has 3 heterocycles. The first kappa shape index (κ1) is 22.9. The van der Waals surface area contributed by atoms with Crippen LogP contribution >= 0.6 is 0 Å². The first-order valence-electron chi connectivity index (χ1n) is 11.6. The van der Waals surface area contributed by atoms with Gasteiger partial charge in [0.2, 0.25) is 0 Å². The van der Waals surface area contributed by atoms with Crippen LogP contribution in [-0.4, -0.2) is 53.6 Å². The molecule has 0 radical (unpaired) electrons. The van der Waals surface area contributed by atoms with E-state index in [1.165, 1.54) is 12.1 Å². The van der Waals surface area contributed by atoms with Crippen LogP contribution in [0.4, 0.5) is 5.69 Å². The van der Waals surface area contributed by atoms with E-state index in [9.17, 15) is 4.79 Å². The fourth-order valence-corrected chi connectivity index (χ4v) is 4.55. The van der Waals surface area contributed by atoms with Gasteiger partial charge in [-0.3, -0.25) is 9.69 Å². The lowest BCUT2D eigenvalue weighted by Gasteiger charge is -2.36. The smallest absolute Gasteiger partial charge is 0.272 e. The number of hydrogen-bond acceptors (Lipinski definition) is 4. The summed E-state index contributed by atoms with van der Waals surface area (Å²) in [5.41, 5.74) is 3.69. The Morgan fingerprint density at radius 2 is 1.67 bits per heavy atom. The number of hydrogen-bond donors (Lipinski definition) is 1. The molecule has 0 bridgehead atoms. The van der Waals surface area contributed by atoms with Crippen molar-refractivity contribution in [2.45, 2.75) is 26.7 Å². The van der Waals surface area contributed by atoms with Crippen LogP contribution in [0.25, 0.3) is 16.6 Å². The first-order chi connectivity index (χ1) is 15.8. The number of nitrogens with zero attached hydrogens (tertiary/aromatic N) is 3. The van der Waals surface area contributed by atoms with Gasteiger partial charge in [-0.15, -0.1) is 0 Å². The average molecular weight is 447 g/mol. The summed E-state index contributed by atoms with van der Waals surface area (Å²) in [6.07, 6.45) is 5.31. The molecule has 1 N–H and O–H groups in total. The van der Waals surface area contributed by atoms with Crippen LogP contribution in [-0.2, 0) is 0 Å². The molecule has 1 saturated heterocycles. The summed E-state index contributed by atoms with van der Waals surface area (Å²) < 4.78 is 7.87. The number of nitrogens with one attached hydrogen (secondary N) is 1. The third-order valence-corrected chi connectivity index (χ3v) is 6.34. The van der Waals surface area contributed by atoms with Crippen molar-refractivity contribution in [3.63, 3.8) is 0 Å². The maximum absolute atomic E-state index is 12.2. The average Bonchev–Trinajstić information content (AvgIpc) is 3.33. The molecule has 2 aromatic carbocycles. The van der Waals surface area contributed by atoms with Crippen molar-refractivity contribution < 1.29 is 4.74 Å². The molecule has 0 saturated carbocycles. The summed E-state index contributed by atoms with van der Waals surface area (Å²) in [4.78, 5) is 20.2. The molecule has 33 heavy (non-hydrogen) atoms. The largest absolute Gasteiger partial charge is 0.494 e. The fourth-order valence-electron chi connectivity index (χ4n) is 4.55. The first-order valence-corrected chi connectivity index (χ1v) is 11.6. The number of anilines is 1. The molecule has 1 aliphatic heterocycles. The standard InChI is InChI=1S/C26H30N4O2.CH4/c31-26-25-10-7-14-30(25)24-12-11-22(20-23(24)27-26)32-19-6-2-5-13-28-15-17-29(18-16-28)21-8-3-1-4-9-21;/h1,3-4,7-12,14,20H,2,5-6,13,15-19H2,(H,27,31);1H4. The third kappa shape index (κ3) is 5.22. The van der Waals surface area contributed by atoms with E-state index in [-0.39, 0.29) is 13.0 Å². The van der Waals surface area contributed by atoms with Crippen molar-refractivity contribution in [2.24, 2.45) is 0 Å². The van der Waals surface area contributed by atoms with Gasteiger partial charge in [0.05, 0.1) is 17.6 Å². The number of ether oxygens (including phenoxy) is 1. The summed E-state index contributed by atoms with van der Waals surface area (Å²) in [5, 5.41) is 0. The van der Waals surface area contributed by atoms with Gasteiger partial charge in [-0.2, -0.15) is 0 Å². The van der Waals surface area contributed by atoms with E-state index in [0.717, 1.165) is 62.3 Å². The predicted molar refractivity (Wildman–Crippen MR) is 137 cm³/mol. The molecule has 0 amide bonds. The zero-order valence-corrected chi connectivity index (χ0v) is 18.4. The van der Waals surface area contributed by atoms with Crippen LogP contribution in [0.1, 0.15) is 26.7 Å². The Labute approximate surface area is 195 Å². The molecular weight excluding hydrogens is 412 g/mol. The summed E-state index contributed by atoms with van der Waals surface area (Å²) in [7, 11) is 0. The van der Waals surface area contributed by atoms with Gasteiger partial charge in [0, 0.05) is 44.1 Å². The molecule has 4 aromatic rings. The van der Waals surface area contributed by atoms with Crippen LogP contribution in [0.2, 0.25) is 0 Å². The number of piperazine rings is 1. The molecule has 6 nitrogen and oxygen atoms in total. The van der Waals surface area contributed by atoms with E-state index in [4.69, 9.17) is 4.74 Å². The van der Waals surface area contributed by atoms with Gasteiger partial charge in [0.1, 0.15) is 11.3 Å². The van der Waals surface area contributed by atoms with E-state index in [1.54, 1.807) is 0 Å². The Bertz CT molecular complexity index is 1220. The number of benzene rings is 2. The van der Waals surface area contributed by atoms with Gasteiger partial charge >= 0.3 is 0 Å². The maximum Gasteiger partial charge on any atom is 0.272 e. The van der Waals surface area contributed by atoms with Gasteiger partial charge in [-0.05, 0) is 62.2 Å². The monoisotopic (exact) mass is 446 g/mol. The number of para-hydroxylation sites is 1. The predicted octanol–water partition coefficient (Wildman–Crippen LogP) is 4.79. The minimum atomic E-state index is -0.0794. The second-order valence-corrected chi connectivity index (χ2v) is 8.47. The van der Waals surface area contributed by atoms with E-state index in [0.29, 0.717) is 12.1 Å². The highest BCUT2D eigenvalue weighted by Gasteiger charge is 2.16. The molecule has 174 valence electrons. The van der Waals surface area contributed by atoms with Crippen molar-refractivity contribution in [3.8, 4) is 5.75 Å². The second kappa shape index (κ2) is 10.6. The van der Waals surface area contributed by atoms with Crippen LogP contribution in [0.5, 0.6) is 5.75 Å². The molecule has 6 heteroatoms. The highest BCUT2D eigenvalue weighted by Crippen LogP contribution is 2.20. The topological polar surface area (TPSA) is 53.0 Å². The zero-order valence-electron chi connectivity index (χ0n) is 18.4. The number of aromatic nitrogens is 2. The van der Waals surface area contributed by atoms with E-state index < -0.39 is 0 Å². The van der Waals surface area contributed by atoms with Gasteiger partial charge in [0.25, 0.3) is 5.56 Å². The normalized spacial score (nSPS) is 14.5. The minimum Gasteiger partial charge on any atom is -0.494 e. The summed E-state index contributed by atoms with van der Waals surface area (Å²) in [5.74, 6) is 0.802. The highest BCUT2D eigenvalue weighted by molar-refractivity contribution is 5.79. The van der Waals surface area contributed by atoms with Crippen molar-refractivity contribution in [1.29, 1.82) is 0 Å². The zero-order chi connectivity index (χ0) is 21.8. The lowest BCUT2D eigenvalue weighted by molar-refractivity contribution is 0.246. The van der Waals surface area contributed by atoms with Gasteiger partial charge in [0.15, 0.2) is 0 Å². The Morgan fingerprint density at radius 1 is 0.848 bits per heavy atom. The van der Waals surface area contributed by atoms with Gasteiger partial charge in [-0.1, -0.05) is 25.6 Å². The molecule has 0 atom stereocenters. The van der Waals surface area contributed by atoms with E-state index in [2.05, 4.69) is 45.1 Å². The maximum atomic E-state index is 12.2. The summed E-state index contributed by atoms with van der Waals surface area (Å²) >= 11 is 0. The van der Waals surface area contributed by atoms with Crippen molar-refractivity contribution in [2.75, 3.05) is 44.2 Å². The highest BCUT2D eigenvalue weighted by atomic mass is 16.5. The van der Waals surface area contributed by atoms with Gasteiger partial charge in [-0.25, -0.2) is 0 Å². The molecule has 1 fully saturated rings. The summed E-state index contributed by atoms with van der Waals surface area (Å²) in [6.45, 7) is 6.33. The fraction of sp³-hybridized carbons (Fsp3) is 0.370. The Morgan fingerprint density at radius 3 is 2.48 bits per heavy atom. The van der Waals surface area contributed by atoms with Crippen LogP contribution in [0.15, 0.2) is 71.7 Å². The van der Waals surface area contributed by atoms with Crippen molar-refractivity contribution in [1.82, 2.24) is 14.3 Å². The van der Waals surface area contributed by atoms with E-state index in [1.807, 2.05) is 40.9 Å². The molecule has 0 spiro atoms. The molecule has 5 rings (SSSR count). The lowest BCUT2D eigenvalue weighted by Crippen LogP contribution is -2.46. The Hall–Kier alpha value is -3.25. The number of fused-ring (bicyclic) bond motifs is 3. The van der Waals surface area contributed by atoms with Gasteiger partial charge < -0.3 is 19.0 Å². The third-order valence-electron chi connectivity index (χ3n) is 6.34. The lowest BCUT2D eigenvalue weighted by atomic mass is 10.2. The van der Waals surface area contributed by atoms with Crippen LogP contribution < -0.4 is 15.2 Å². The minimum absolute atomic E-state index is 0. The molecule has 0 unspecified atom stereocenters. The number of rotatable bonds is 8. The van der Waals surface area contributed by atoms with E-state index >= 15 is 0 Å². The summed E-state index contributed by atoms with van der Waals surface area (Å²) in [6, 6.07) is 20.3. The number of aromatic amines is 1. The SMILES string of the molecule is C.O=c1[nH]c2cc(OCCCCCN3CCN(c4ccccc4)CC3)ccc2n2cccc12. The number of H-pyrrole nitrogens is 1. The molecular formula is C27H34N4O2. The molecule has 1 aliphatic rings. The Kier molecular flexibility index (Phi) is 7.35. The van der Waals surface area contributed by atoms with Crippen LogP contribution in [0.3, 0.4) is 0 Å². The molecule has 0 aliphatic carbocycles. The van der Waals surface area contributed by atoms with Crippen LogP contribution in [0, 0.1) is 0 Å². The van der Waals surface area contributed by atoms with Crippen molar-refractivity contribution in [3.05, 3.63) is 77.2 Å².